The first-order valence-corrected chi connectivity index (χ1v) is 11.3. The molecule has 1 amide bonds. The van der Waals surface area contributed by atoms with E-state index in [1.807, 2.05) is 59.2 Å². The number of benzene rings is 4. The molecule has 0 aliphatic rings. The number of aryl methyl sites for hydroxylation is 1. The Labute approximate surface area is 199 Å². The van der Waals surface area contributed by atoms with Crippen molar-refractivity contribution in [3.05, 3.63) is 132 Å². The zero-order chi connectivity index (χ0) is 23.3. The van der Waals surface area contributed by atoms with Gasteiger partial charge >= 0.3 is 0 Å². The molecule has 5 aromatic rings. The predicted molar refractivity (Wildman–Crippen MR) is 137 cm³/mol. The third kappa shape index (κ3) is 4.52. The maximum atomic E-state index is 12.9. The summed E-state index contributed by atoms with van der Waals surface area (Å²) in [6, 6.07) is 35.0. The van der Waals surface area contributed by atoms with E-state index in [1.54, 1.807) is 12.5 Å². The molecule has 0 aliphatic carbocycles. The summed E-state index contributed by atoms with van der Waals surface area (Å²) in [5.74, 6) is -0.160. The van der Waals surface area contributed by atoms with Gasteiger partial charge in [0, 0.05) is 12.2 Å². The largest absolute Gasteiger partial charge is 0.347 e. The number of hydrogen-bond acceptors (Lipinski definition) is 2. The Morgan fingerprint density at radius 2 is 1.41 bits per heavy atom. The maximum Gasteiger partial charge on any atom is 0.270 e. The molecule has 0 saturated carbocycles. The van der Waals surface area contributed by atoms with E-state index < -0.39 is 0 Å². The fourth-order valence-corrected chi connectivity index (χ4v) is 4.09. The van der Waals surface area contributed by atoms with Gasteiger partial charge in [0.2, 0.25) is 0 Å². The molecule has 4 aromatic carbocycles. The number of nitrogens with one attached hydrogen (secondary N) is 1. The Morgan fingerprint density at radius 1 is 0.765 bits per heavy atom. The van der Waals surface area contributed by atoms with Gasteiger partial charge < -0.3 is 5.32 Å². The molecule has 0 saturated heterocycles. The Bertz CT molecular complexity index is 1400. The van der Waals surface area contributed by atoms with Crippen molar-refractivity contribution in [1.29, 1.82) is 0 Å². The summed E-state index contributed by atoms with van der Waals surface area (Å²) in [6.45, 7) is 2.56. The fourth-order valence-electron chi connectivity index (χ4n) is 4.09. The van der Waals surface area contributed by atoms with Crippen molar-refractivity contribution in [2.45, 2.75) is 13.5 Å². The molecule has 0 spiro atoms. The van der Waals surface area contributed by atoms with Crippen LogP contribution in [0, 0.1) is 6.92 Å². The van der Waals surface area contributed by atoms with E-state index in [0.29, 0.717) is 12.2 Å². The third-order valence-corrected chi connectivity index (χ3v) is 5.99. The van der Waals surface area contributed by atoms with Crippen LogP contribution in [0.25, 0.3) is 27.9 Å². The summed E-state index contributed by atoms with van der Waals surface area (Å²) in [5, 5.41) is 3.02. The normalized spacial score (nSPS) is 10.7. The highest BCUT2D eigenvalue weighted by Crippen LogP contribution is 2.25. The van der Waals surface area contributed by atoms with Crippen molar-refractivity contribution in [3.8, 4) is 27.9 Å². The summed E-state index contributed by atoms with van der Waals surface area (Å²) < 4.78 is 1.81. The molecule has 0 radical (unpaired) electrons. The van der Waals surface area contributed by atoms with Crippen LogP contribution in [-0.2, 0) is 6.54 Å². The van der Waals surface area contributed by atoms with Gasteiger partial charge in [-0.1, -0.05) is 91.0 Å². The molecular formula is C30H25N3O. The van der Waals surface area contributed by atoms with Gasteiger partial charge in [-0.15, -0.1) is 0 Å². The zero-order valence-electron chi connectivity index (χ0n) is 19.0. The molecule has 5 rings (SSSR count). The predicted octanol–water partition coefficient (Wildman–Crippen LogP) is 6.44. The first kappa shape index (κ1) is 21.4. The lowest BCUT2D eigenvalue weighted by atomic mass is 10.0. The van der Waals surface area contributed by atoms with Gasteiger partial charge in [-0.3, -0.25) is 9.36 Å². The smallest absolute Gasteiger partial charge is 0.270 e. The quantitative estimate of drug-likeness (QED) is 0.328. The molecule has 34 heavy (non-hydrogen) atoms. The van der Waals surface area contributed by atoms with Crippen LogP contribution in [0.3, 0.4) is 0 Å². The standard InChI is InChI=1S/C30H25N3O/c1-22-7-5-6-10-28(22)26-15-17-27(18-16-26)33-21-31-20-29(33)30(34)32-19-23-11-13-25(14-12-23)24-8-3-2-4-9-24/h2-18,20-21H,19H2,1H3,(H,32,34). The van der Waals surface area contributed by atoms with Crippen molar-refractivity contribution in [2.24, 2.45) is 0 Å². The summed E-state index contributed by atoms with van der Waals surface area (Å²) in [4.78, 5) is 17.1. The minimum absolute atomic E-state index is 0.160. The Hall–Kier alpha value is -4.44. The lowest BCUT2D eigenvalue weighted by molar-refractivity contribution is 0.0944. The van der Waals surface area contributed by atoms with Gasteiger partial charge in [0.05, 0.1) is 12.5 Å². The van der Waals surface area contributed by atoms with Gasteiger partial charge in [-0.2, -0.15) is 0 Å². The van der Waals surface area contributed by atoms with Crippen LogP contribution in [0.4, 0.5) is 0 Å². The number of imidazole rings is 1. The zero-order valence-corrected chi connectivity index (χ0v) is 19.0. The minimum atomic E-state index is -0.160. The van der Waals surface area contributed by atoms with Gasteiger partial charge in [-0.05, 0) is 52.4 Å². The first-order chi connectivity index (χ1) is 16.7. The maximum absolute atomic E-state index is 12.9. The number of carbonyl (C=O) groups excluding carboxylic acids is 1. The average Bonchev–Trinajstić information content (AvgIpc) is 3.39. The van der Waals surface area contributed by atoms with E-state index in [1.165, 1.54) is 16.7 Å². The molecule has 1 N–H and O–H groups in total. The molecule has 0 bridgehead atoms. The van der Waals surface area contributed by atoms with Crippen LogP contribution in [0.15, 0.2) is 116 Å². The number of carbonyl (C=O) groups is 1. The Balaban J connectivity index is 1.28. The number of hydrogen-bond donors (Lipinski definition) is 1. The second kappa shape index (κ2) is 9.59. The SMILES string of the molecule is Cc1ccccc1-c1ccc(-n2cncc2C(=O)NCc2ccc(-c3ccccc3)cc2)cc1. The van der Waals surface area contributed by atoms with Gasteiger partial charge in [0.15, 0.2) is 0 Å². The third-order valence-electron chi connectivity index (χ3n) is 5.99. The van der Waals surface area contributed by atoms with Crippen LogP contribution < -0.4 is 5.32 Å². The molecule has 0 unspecified atom stereocenters. The van der Waals surface area contributed by atoms with Crippen LogP contribution in [0.5, 0.6) is 0 Å². The van der Waals surface area contributed by atoms with Crippen molar-refractivity contribution in [2.75, 3.05) is 0 Å². The van der Waals surface area contributed by atoms with E-state index in [9.17, 15) is 4.79 Å². The lowest BCUT2D eigenvalue weighted by Crippen LogP contribution is -2.25. The Kier molecular flexibility index (Phi) is 6.04. The summed E-state index contributed by atoms with van der Waals surface area (Å²) >= 11 is 0. The monoisotopic (exact) mass is 443 g/mol. The highest BCUT2D eigenvalue weighted by Gasteiger charge is 2.13. The van der Waals surface area contributed by atoms with Crippen LogP contribution >= 0.6 is 0 Å². The highest BCUT2D eigenvalue weighted by molar-refractivity contribution is 5.93. The Morgan fingerprint density at radius 3 is 2.15 bits per heavy atom. The van der Waals surface area contributed by atoms with Crippen molar-refractivity contribution in [1.82, 2.24) is 14.9 Å². The van der Waals surface area contributed by atoms with Crippen LogP contribution in [0.2, 0.25) is 0 Å². The first-order valence-electron chi connectivity index (χ1n) is 11.3. The van der Waals surface area contributed by atoms with Gasteiger partial charge in [0.25, 0.3) is 5.91 Å². The average molecular weight is 444 g/mol. The molecule has 1 aromatic heterocycles. The van der Waals surface area contributed by atoms with E-state index in [0.717, 1.165) is 22.4 Å². The lowest BCUT2D eigenvalue weighted by Gasteiger charge is -2.11. The number of nitrogens with zero attached hydrogens (tertiary/aromatic N) is 2. The summed E-state index contributed by atoms with van der Waals surface area (Å²) in [6.07, 6.45) is 3.27. The summed E-state index contributed by atoms with van der Waals surface area (Å²) in [7, 11) is 0. The molecule has 0 atom stereocenters. The summed E-state index contributed by atoms with van der Waals surface area (Å²) in [5.41, 5.74) is 8.36. The fraction of sp³-hybridized carbons (Fsp3) is 0.0667. The van der Waals surface area contributed by atoms with E-state index >= 15 is 0 Å². The van der Waals surface area contributed by atoms with Crippen LogP contribution in [0.1, 0.15) is 21.6 Å². The second-order valence-electron chi connectivity index (χ2n) is 8.26. The molecule has 1 heterocycles. The molecule has 4 heteroatoms. The highest BCUT2D eigenvalue weighted by atomic mass is 16.1. The van der Waals surface area contributed by atoms with Gasteiger partial charge in [-0.25, -0.2) is 4.98 Å². The van der Waals surface area contributed by atoms with Crippen molar-refractivity contribution >= 4 is 5.91 Å². The number of aromatic nitrogens is 2. The van der Waals surface area contributed by atoms with Crippen LogP contribution in [-0.4, -0.2) is 15.5 Å². The molecule has 0 fully saturated rings. The second-order valence-corrected chi connectivity index (χ2v) is 8.26. The minimum Gasteiger partial charge on any atom is -0.347 e. The van der Waals surface area contributed by atoms with Crippen molar-refractivity contribution < 1.29 is 4.79 Å². The molecule has 4 nitrogen and oxygen atoms in total. The van der Waals surface area contributed by atoms with Crippen molar-refractivity contribution in [3.63, 3.8) is 0 Å². The number of amides is 1. The van der Waals surface area contributed by atoms with E-state index in [4.69, 9.17) is 0 Å². The topological polar surface area (TPSA) is 46.9 Å². The van der Waals surface area contributed by atoms with Gasteiger partial charge in [0.1, 0.15) is 5.69 Å². The van der Waals surface area contributed by atoms with E-state index in [-0.39, 0.29) is 5.91 Å². The number of rotatable bonds is 6. The molecular weight excluding hydrogens is 418 g/mol. The molecule has 166 valence electrons. The van der Waals surface area contributed by atoms with E-state index in [2.05, 4.69) is 65.8 Å². The molecule has 0 aliphatic heterocycles.